The highest BCUT2D eigenvalue weighted by Gasteiger charge is 2.46. The maximum Gasteiger partial charge on any atom is 0.336 e. The number of phenols is 2. The number of fused-ring (bicyclic) bond motifs is 2. The molecule has 0 spiro atoms. The van der Waals surface area contributed by atoms with Crippen LogP contribution in [0.1, 0.15) is 0 Å². The fraction of sp³-hybridized carbons (Fsp3) is 0.400. The van der Waals surface area contributed by atoms with Crippen LogP contribution in [0.4, 0.5) is 0 Å². The minimum Gasteiger partial charge on any atom is -0.504 e. The lowest BCUT2D eigenvalue weighted by Gasteiger charge is -2.39. The molecule has 2 aliphatic heterocycles. The number of hydrogen-bond acceptors (Lipinski definition) is 18. The molecule has 51 heavy (non-hydrogen) atoms. The summed E-state index contributed by atoms with van der Waals surface area (Å²) in [4.78, 5) is 22.3. The van der Waals surface area contributed by atoms with E-state index >= 15 is 0 Å². The number of rotatable bonds is 6. The molecule has 16 N–H and O–H groups in total. The van der Waals surface area contributed by atoms with E-state index in [2.05, 4.69) is 0 Å². The van der Waals surface area contributed by atoms with Gasteiger partial charge in [0.1, 0.15) is 60.0 Å². The van der Waals surface area contributed by atoms with Crippen LogP contribution in [0.3, 0.4) is 0 Å². The Morgan fingerprint density at radius 1 is 0.529 bits per heavy atom. The van der Waals surface area contributed by atoms with Crippen molar-refractivity contribution in [3.63, 3.8) is 0 Å². The van der Waals surface area contributed by atoms with Crippen molar-refractivity contribution in [2.24, 2.45) is 0 Å². The van der Waals surface area contributed by atoms with Crippen molar-refractivity contribution in [1.82, 2.24) is 0 Å². The van der Waals surface area contributed by atoms with Crippen LogP contribution in [0.5, 0.6) is 23.0 Å². The lowest BCUT2D eigenvalue weighted by atomic mass is 9.99. The monoisotopic (exact) mass is 734 g/mol. The molecule has 4 heterocycles. The molecule has 0 bridgehead atoms. The number of benzene rings is 2. The van der Waals surface area contributed by atoms with E-state index in [1.54, 1.807) is 0 Å². The van der Waals surface area contributed by atoms with Gasteiger partial charge in [0.05, 0.1) is 13.2 Å². The molecular weight excluding hydrogens is 696 g/mol. The van der Waals surface area contributed by atoms with Crippen LogP contribution in [-0.2, 0) is 9.47 Å². The first-order valence-electron chi connectivity index (χ1n) is 14.3. The second-order valence-corrected chi connectivity index (χ2v) is 10.9. The average Bonchev–Trinajstić information content (AvgIpc) is 3.06. The fourth-order valence-corrected chi connectivity index (χ4v) is 4.94. The van der Waals surface area contributed by atoms with E-state index in [1.807, 2.05) is 0 Å². The predicted octanol–water partition coefficient (Wildman–Crippen LogP) is -5.12. The number of aliphatic hydroxyl groups is 8. The molecule has 0 aliphatic carbocycles. The van der Waals surface area contributed by atoms with Crippen LogP contribution in [0.2, 0.25) is 0 Å². The van der Waals surface area contributed by atoms with Crippen LogP contribution >= 0.6 is 0 Å². The summed E-state index contributed by atoms with van der Waals surface area (Å²) in [6, 6.07) is 10.3. The van der Waals surface area contributed by atoms with E-state index in [1.165, 1.54) is 36.4 Å². The Balaban J connectivity index is 0.000000334. The fourth-order valence-electron chi connectivity index (χ4n) is 4.94. The SMILES string of the molecule is O.O.O.O=c1ccc2cc(O[C@@H]3O[C@H](CO)[C@@H](O)[C@H](O)[C@H]3O)c(O)cc2o1.O=c1ccc2cc(O[C@@H]3O[C@H](CO)[C@@H](O)[C@H](O)[C@H]3O)c(O)cc2o1. The third-order valence-corrected chi connectivity index (χ3v) is 7.58. The summed E-state index contributed by atoms with van der Waals surface area (Å²) in [6.07, 6.45) is -14.5. The normalized spacial score (nSPS) is 28.6. The summed E-state index contributed by atoms with van der Waals surface area (Å²) in [7, 11) is 0. The Morgan fingerprint density at radius 2 is 0.882 bits per heavy atom. The van der Waals surface area contributed by atoms with Crippen molar-refractivity contribution in [3.05, 3.63) is 69.4 Å². The van der Waals surface area contributed by atoms with Gasteiger partial charge in [-0.1, -0.05) is 0 Å². The minimum absolute atomic E-state index is 0. The molecule has 2 aromatic heterocycles. The summed E-state index contributed by atoms with van der Waals surface area (Å²) in [5.41, 5.74) is -0.878. The van der Waals surface area contributed by atoms with Gasteiger partial charge in [0.2, 0.25) is 12.6 Å². The Labute approximate surface area is 284 Å². The smallest absolute Gasteiger partial charge is 0.336 e. The molecule has 6 rings (SSSR count). The Bertz CT molecular complexity index is 1710. The van der Waals surface area contributed by atoms with Gasteiger partial charge in [0, 0.05) is 35.0 Å². The lowest BCUT2D eigenvalue weighted by Crippen LogP contribution is -2.60. The first kappa shape index (κ1) is 42.7. The lowest BCUT2D eigenvalue weighted by molar-refractivity contribution is -0.277. The molecular formula is C30H38O21. The molecule has 2 fully saturated rings. The number of aliphatic hydroxyl groups excluding tert-OH is 8. The van der Waals surface area contributed by atoms with Gasteiger partial charge in [0.15, 0.2) is 23.0 Å². The topological polar surface area (TPSA) is 394 Å². The first-order chi connectivity index (χ1) is 22.8. The van der Waals surface area contributed by atoms with Crippen molar-refractivity contribution in [2.45, 2.75) is 61.4 Å². The highest BCUT2D eigenvalue weighted by molar-refractivity contribution is 5.81. The van der Waals surface area contributed by atoms with Crippen molar-refractivity contribution in [2.75, 3.05) is 13.2 Å². The van der Waals surface area contributed by atoms with E-state index in [0.717, 1.165) is 12.1 Å². The summed E-state index contributed by atoms with van der Waals surface area (Å²) < 4.78 is 31.0. The minimum atomic E-state index is -1.60. The number of hydrogen-bond donors (Lipinski definition) is 10. The number of aromatic hydroxyl groups is 2. The van der Waals surface area contributed by atoms with Crippen LogP contribution in [0, 0.1) is 0 Å². The molecule has 284 valence electrons. The van der Waals surface area contributed by atoms with Gasteiger partial charge >= 0.3 is 11.3 Å². The molecule has 0 unspecified atom stereocenters. The van der Waals surface area contributed by atoms with Gasteiger partial charge in [-0.2, -0.15) is 0 Å². The molecule has 0 amide bonds. The molecule has 10 atom stereocenters. The van der Waals surface area contributed by atoms with E-state index in [4.69, 9.17) is 38.0 Å². The van der Waals surface area contributed by atoms with Gasteiger partial charge in [0.25, 0.3) is 0 Å². The molecule has 4 aromatic rings. The zero-order chi connectivity index (χ0) is 34.9. The van der Waals surface area contributed by atoms with Crippen LogP contribution in [-0.4, -0.2) is 142 Å². The zero-order valence-corrected chi connectivity index (χ0v) is 26.0. The maximum atomic E-state index is 11.2. The molecule has 21 nitrogen and oxygen atoms in total. The van der Waals surface area contributed by atoms with Gasteiger partial charge in [-0.05, 0) is 24.3 Å². The average molecular weight is 735 g/mol. The first-order valence-corrected chi connectivity index (χ1v) is 14.3. The summed E-state index contributed by atoms with van der Waals surface area (Å²) >= 11 is 0. The Morgan fingerprint density at radius 3 is 1.22 bits per heavy atom. The van der Waals surface area contributed by atoms with Gasteiger partial charge in [-0.15, -0.1) is 0 Å². The molecule has 2 aliphatic rings. The number of ether oxygens (including phenoxy) is 4. The van der Waals surface area contributed by atoms with Crippen molar-refractivity contribution < 1.29 is 95.3 Å². The largest absolute Gasteiger partial charge is 0.504 e. The van der Waals surface area contributed by atoms with Crippen molar-refractivity contribution in [1.29, 1.82) is 0 Å². The van der Waals surface area contributed by atoms with E-state index < -0.39 is 85.9 Å². The Hall–Kier alpha value is -4.46. The van der Waals surface area contributed by atoms with Crippen molar-refractivity contribution >= 4 is 21.9 Å². The third kappa shape index (κ3) is 9.07. The van der Waals surface area contributed by atoms with Crippen LogP contribution in [0.25, 0.3) is 21.9 Å². The van der Waals surface area contributed by atoms with Crippen LogP contribution < -0.4 is 20.7 Å². The highest BCUT2D eigenvalue weighted by atomic mass is 16.7. The van der Waals surface area contributed by atoms with E-state index in [-0.39, 0.29) is 50.6 Å². The highest BCUT2D eigenvalue weighted by Crippen LogP contribution is 2.35. The maximum absolute atomic E-state index is 11.2. The predicted molar refractivity (Wildman–Crippen MR) is 168 cm³/mol. The van der Waals surface area contributed by atoms with Gasteiger partial charge in [-0.25, -0.2) is 9.59 Å². The molecule has 0 saturated carbocycles. The quantitative estimate of drug-likeness (QED) is 0.0828. The Kier molecular flexibility index (Phi) is 14.8. The van der Waals surface area contributed by atoms with Crippen molar-refractivity contribution in [3.8, 4) is 23.0 Å². The zero-order valence-electron chi connectivity index (χ0n) is 26.0. The molecule has 0 radical (unpaired) electrons. The molecule has 21 heteroatoms. The molecule has 2 saturated heterocycles. The standard InChI is InChI=1S/2C15H16O9.3H2O/c2*16-5-10-12(19)13(20)14(21)15(24-10)23-9-3-6-1-2-11(18)22-8(6)4-7(9)17;;;/h2*1-4,10,12-17,19-21H,5H2;3*1H2/t2*10-,12-,13+,14-,15-;;;/m11.../s1. The number of phenolic OH excluding ortho intramolecular Hbond substituents is 2. The van der Waals surface area contributed by atoms with Gasteiger partial charge in [-0.3, -0.25) is 0 Å². The van der Waals surface area contributed by atoms with E-state index in [9.17, 15) is 50.4 Å². The van der Waals surface area contributed by atoms with E-state index in [0.29, 0.717) is 10.8 Å². The third-order valence-electron chi connectivity index (χ3n) is 7.58. The summed E-state index contributed by atoms with van der Waals surface area (Å²) in [6.45, 7) is -1.20. The van der Waals surface area contributed by atoms with Gasteiger partial charge < -0.3 is 95.3 Å². The molecule has 2 aromatic carbocycles. The summed E-state index contributed by atoms with van der Waals surface area (Å²) in [5, 5.41) is 97.9. The van der Waals surface area contributed by atoms with Crippen LogP contribution in [0.15, 0.2) is 67.0 Å². The second-order valence-electron chi connectivity index (χ2n) is 10.9. The summed E-state index contributed by atoms with van der Waals surface area (Å²) in [5.74, 6) is -0.955. The second kappa shape index (κ2) is 17.7.